The molecule has 2 aliphatic heterocycles. The number of amides is 1. The zero-order valence-electron chi connectivity index (χ0n) is 18.1. The van der Waals surface area contributed by atoms with Crippen LogP contribution in [-0.2, 0) is 11.3 Å². The van der Waals surface area contributed by atoms with Crippen LogP contribution in [0.3, 0.4) is 0 Å². The maximum absolute atomic E-state index is 12.0. The highest BCUT2D eigenvalue weighted by atomic mass is 16.5. The molecule has 1 atom stereocenters. The van der Waals surface area contributed by atoms with Gasteiger partial charge in [-0.25, -0.2) is 9.97 Å². The Kier molecular flexibility index (Phi) is 4.73. The molecular formula is C25H24N6O2. The van der Waals surface area contributed by atoms with E-state index in [1.165, 1.54) is 0 Å². The molecule has 1 saturated heterocycles. The van der Waals surface area contributed by atoms with Crippen molar-refractivity contribution in [1.29, 1.82) is 0 Å². The molecule has 4 heterocycles. The molecule has 166 valence electrons. The van der Waals surface area contributed by atoms with Gasteiger partial charge in [-0.2, -0.15) is 0 Å². The van der Waals surface area contributed by atoms with Gasteiger partial charge in [-0.1, -0.05) is 30.3 Å². The summed E-state index contributed by atoms with van der Waals surface area (Å²) < 4.78 is 5.79. The van der Waals surface area contributed by atoms with Crippen LogP contribution in [0.2, 0.25) is 0 Å². The monoisotopic (exact) mass is 440 g/mol. The van der Waals surface area contributed by atoms with E-state index in [1.807, 2.05) is 42.7 Å². The molecule has 8 heteroatoms. The number of fused-ring (bicyclic) bond motifs is 4. The van der Waals surface area contributed by atoms with Gasteiger partial charge in [-0.05, 0) is 23.8 Å². The van der Waals surface area contributed by atoms with Crippen molar-refractivity contribution in [2.75, 3.05) is 36.1 Å². The summed E-state index contributed by atoms with van der Waals surface area (Å²) in [6, 6.07) is 15.8. The standard InChI is InChI=1S/C25H24N6O2/c26-23(32)18-5-2-1-4-16(18)13-30-14-17-15-33-11-10-31(17)25-22(30)12-28-24(29-25)20-6-3-7-21-19(20)8-9-27-21/h1-9,12,17,27H,10-11,13-15H2,(H2,26,32). The Morgan fingerprint density at radius 3 is 3.00 bits per heavy atom. The Morgan fingerprint density at radius 1 is 1.18 bits per heavy atom. The van der Waals surface area contributed by atoms with Crippen LogP contribution >= 0.6 is 0 Å². The number of aromatic nitrogens is 3. The number of nitrogens with zero attached hydrogens (tertiary/aromatic N) is 4. The van der Waals surface area contributed by atoms with Crippen LogP contribution in [0, 0.1) is 0 Å². The van der Waals surface area contributed by atoms with Crippen molar-refractivity contribution < 1.29 is 9.53 Å². The molecule has 1 amide bonds. The Labute approximate surface area is 191 Å². The van der Waals surface area contributed by atoms with Crippen LogP contribution in [0.25, 0.3) is 22.3 Å². The van der Waals surface area contributed by atoms with E-state index in [0.717, 1.165) is 46.6 Å². The quantitative estimate of drug-likeness (QED) is 0.506. The molecule has 0 spiro atoms. The molecular weight excluding hydrogens is 416 g/mol. The Balaban J connectivity index is 1.44. The molecule has 6 rings (SSSR count). The summed E-state index contributed by atoms with van der Waals surface area (Å²) in [6.45, 7) is 3.41. The van der Waals surface area contributed by atoms with Gasteiger partial charge in [0.2, 0.25) is 5.91 Å². The van der Waals surface area contributed by atoms with Crippen molar-refractivity contribution in [2.45, 2.75) is 12.6 Å². The molecule has 8 nitrogen and oxygen atoms in total. The first-order valence-corrected chi connectivity index (χ1v) is 11.1. The number of benzene rings is 2. The lowest BCUT2D eigenvalue weighted by atomic mass is 10.0. The molecule has 0 bridgehead atoms. The van der Waals surface area contributed by atoms with E-state index in [9.17, 15) is 4.79 Å². The van der Waals surface area contributed by atoms with Gasteiger partial charge in [0.1, 0.15) is 0 Å². The third-order valence-electron chi connectivity index (χ3n) is 6.50. The molecule has 2 aromatic heterocycles. The summed E-state index contributed by atoms with van der Waals surface area (Å²) >= 11 is 0. The number of hydrogen-bond donors (Lipinski definition) is 2. The number of carbonyl (C=O) groups is 1. The smallest absolute Gasteiger partial charge is 0.249 e. The highest BCUT2D eigenvalue weighted by molar-refractivity contribution is 5.95. The minimum Gasteiger partial charge on any atom is -0.377 e. The van der Waals surface area contributed by atoms with E-state index < -0.39 is 5.91 Å². The van der Waals surface area contributed by atoms with Gasteiger partial charge in [0.25, 0.3) is 0 Å². The molecule has 2 aromatic carbocycles. The molecule has 0 radical (unpaired) electrons. The third-order valence-corrected chi connectivity index (χ3v) is 6.50. The molecule has 1 unspecified atom stereocenters. The van der Waals surface area contributed by atoms with E-state index in [1.54, 1.807) is 6.07 Å². The van der Waals surface area contributed by atoms with Crippen molar-refractivity contribution >= 4 is 28.3 Å². The van der Waals surface area contributed by atoms with Crippen LogP contribution in [0.1, 0.15) is 15.9 Å². The largest absolute Gasteiger partial charge is 0.377 e. The number of carbonyl (C=O) groups excluding carboxylic acids is 1. The Bertz CT molecular complexity index is 1350. The number of aromatic amines is 1. The van der Waals surface area contributed by atoms with Crippen LogP contribution in [0.4, 0.5) is 11.5 Å². The first-order valence-electron chi connectivity index (χ1n) is 11.1. The fourth-order valence-electron chi connectivity index (χ4n) is 4.90. The Hall–Kier alpha value is -3.91. The van der Waals surface area contributed by atoms with E-state index in [4.69, 9.17) is 20.4 Å². The Morgan fingerprint density at radius 2 is 2.09 bits per heavy atom. The van der Waals surface area contributed by atoms with Gasteiger partial charge < -0.3 is 25.3 Å². The maximum atomic E-state index is 12.0. The van der Waals surface area contributed by atoms with Crippen molar-refractivity contribution in [1.82, 2.24) is 15.0 Å². The molecule has 0 saturated carbocycles. The summed E-state index contributed by atoms with van der Waals surface area (Å²) in [5.41, 5.74) is 10.1. The second kappa shape index (κ2) is 7.90. The van der Waals surface area contributed by atoms with Crippen molar-refractivity contribution in [3.05, 3.63) is 72.1 Å². The number of anilines is 2. The average molecular weight is 441 g/mol. The summed E-state index contributed by atoms with van der Waals surface area (Å²) in [6.07, 6.45) is 3.84. The molecule has 0 aliphatic carbocycles. The fourth-order valence-corrected chi connectivity index (χ4v) is 4.90. The minimum atomic E-state index is -0.420. The van der Waals surface area contributed by atoms with E-state index in [2.05, 4.69) is 26.9 Å². The average Bonchev–Trinajstić information content (AvgIpc) is 3.33. The van der Waals surface area contributed by atoms with Gasteiger partial charge in [0.15, 0.2) is 11.6 Å². The van der Waals surface area contributed by atoms with E-state index >= 15 is 0 Å². The number of rotatable bonds is 4. The van der Waals surface area contributed by atoms with Gasteiger partial charge in [-0.3, -0.25) is 4.79 Å². The molecule has 4 aromatic rings. The SMILES string of the molecule is NC(=O)c1ccccc1CN1CC2COCCN2c2nc(-c3cccc4[nH]ccc34)ncc21. The number of nitrogens with two attached hydrogens (primary N) is 1. The van der Waals surface area contributed by atoms with Crippen LogP contribution in [0.5, 0.6) is 0 Å². The lowest BCUT2D eigenvalue weighted by molar-refractivity contribution is 0.0935. The van der Waals surface area contributed by atoms with Crippen molar-refractivity contribution in [3.63, 3.8) is 0 Å². The second-order valence-corrected chi connectivity index (χ2v) is 8.47. The summed E-state index contributed by atoms with van der Waals surface area (Å²) in [4.78, 5) is 29.6. The predicted octanol–water partition coefficient (Wildman–Crippen LogP) is 2.95. The van der Waals surface area contributed by atoms with E-state index in [0.29, 0.717) is 31.1 Å². The lowest BCUT2D eigenvalue weighted by Gasteiger charge is -2.45. The fraction of sp³-hybridized carbons (Fsp3) is 0.240. The normalized spacial score (nSPS) is 17.6. The first kappa shape index (κ1) is 19.8. The van der Waals surface area contributed by atoms with Crippen LogP contribution < -0.4 is 15.5 Å². The minimum absolute atomic E-state index is 0.179. The molecule has 3 N–H and O–H groups in total. The second-order valence-electron chi connectivity index (χ2n) is 8.47. The van der Waals surface area contributed by atoms with Crippen LogP contribution in [-0.4, -0.2) is 53.2 Å². The zero-order chi connectivity index (χ0) is 22.4. The summed E-state index contributed by atoms with van der Waals surface area (Å²) in [7, 11) is 0. The van der Waals surface area contributed by atoms with Gasteiger partial charge in [0.05, 0.1) is 31.1 Å². The third kappa shape index (κ3) is 3.39. The van der Waals surface area contributed by atoms with Crippen molar-refractivity contribution in [3.8, 4) is 11.4 Å². The van der Waals surface area contributed by atoms with Crippen molar-refractivity contribution in [2.24, 2.45) is 5.73 Å². The summed E-state index contributed by atoms with van der Waals surface area (Å²) in [5, 5.41) is 1.10. The molecule has 2 aliphatic rings. The number of ether oxygens (including phenoxy) is 1. The van der Waals surface area contributed by atoms with Gasteiger partial charge in [0, 0.05) is 47.9 Å². The lowest BCUT2D eigenvalue weighted by Crippen LogP contribution is -2.55. The highest BCUT2D eigenvalue weighted by Gasteiger charge is 2.35. The number of morpholine rings is 1. The number of hydrogen-bond acceptors (Lipinski definition) is 6. The van der Waals surface area contributed by atoms with Crippen LogP contribution in [0.15, 0.2) is 60.9 Å². The zero-order valence-corrected chi connectivity index (χ0v) is 18.1. The van der Waals surface area contributed by atoms with Gasteiger partial charge in [-0.15, -0.1) is 0 Å². The topological polar surface area (TPSA) is 100 Å². The van der Waals surface area contributed by atoms with Gasteiger partial charge >= 0.3 is 0 Å². The predicted molar refractivity (Wildman–Crippen MR) is 127 cm³/mol. The summed E-state index contributed by atoms with van der Waals surface area (Å²) in [5.74, 6) is 1.18. The number of nitrogens with one attached hydrogen (secondary N) is 1. The highest BCUT2D eigenvalue weighted by Crippen LogP contribution is 2.37. The first-order chi connectivity index (χ1) is 16.2. The maximum Gasteiger partial charge on any atom is 0.249 e. The number of H-pyrrole nitrogens is 1. The molecule has 1 fully saturated rings. The molecule has 33 heavy (non-hydrogen) atoms. The number of primary amides is 1. The van der Waals surface area contributed by atoms with E-state index in [-0.39, 0.29) is 6.04 Å².